The van der Waals surface area contributed by atoms with Gasteiger partial charge in [0, 0.05) is 21.4 Å². The van der Waals surface area contributed by atoms with E-state index in [1.54, 1.807) is 49.4 Å². The lowest BCUT2D eigenvalue weighted by Crippen LogP contribution is -2.29. The maximum atomic E-state index is 12.9. The van der Waals surface area contributed by atoms with E-state index in [0.717, 1.165) is 5.56 Å². The number of amides is 1. The predicted octanol–water partition coefficient (Wildman–Crippen LogP) is 6.10. The van der Waals surface area contributed by atoms with Gasteiger partial charge in [0.2, 0.25) is 5.91 Å². The van der Waals surface area contributed by atoms with Crippen LogP contribution in [0, 0.1) is 18.3 Å². The van der Waals surface area contributed by atoms with Gasteiger partial charge >= 0.3 is 5.97 Å². The fourth-order valence-electron chi connectivity index (χ4n) is 3.56. The number of hydrogen-bond donors (Lipinski definition) is 2. The highest BCUT2D eigenvalue weighted by molar-refractivity contribution is 8.03. The number of anilines is 1. The summed E-state index contributed by atoms with van der Waals surface area (Å²) in [6.07, 6.45) is 1.48. The molecule has 1 atom stereocenters. The molecule has 3 rings (SSSR count). The monoisotopic (exact) mass is 527 g/mol. The maximum absolute atomic E-state index is 12.9. The molecule has 0 saturated carbocycles. The number of carbonyl (C=O) groups is 2. The van der Waals surface area contributed by atoms with E-state index < -0.39 is 11.9 Å². The number of dihydropyridines is 1. The standard InChI is InChI=1S/C26H23Cl2N3O3S/c1-4-12-34-26(33)23-16(3)30-25(19(13-29)24(23)17-8-10-18(27)11-9-17)35-14-22(32)31-21-7-5-6-20(28)15(21)2/h4-11,24,30H,1,12,14H2,2-3H3,(H,31,32). The van der Waals surface area contributed by atoms with Gasteiger partial charge < -0.3 is 15.4 Å². The van der Waals surface area contributed by atoms with Gasteiger partial charge in [0.05, 0.1) is 33.9 Å². The molecule has 180 valence electrons. The summed E-state index contributed by atoms with van der Waals surface area (Å²) in [6, 6.07) is 14.4. The zero-order valence-electron chi connectivity index (χ0n) is 19.2. The molecule has 0 radical (unpaired) electrons. The van der Waals surface area contributed by atoms with Gasteiger partial charge in [0.1, 0.15) is 6.61 Å². The van der Waals surface area contributed by atoms with Crippen LogP contribution in [0.1, 0.15) is 24.0 Å². The molecule has 0 spiro atoms. The van der Waals surface area contributed by atoms with Gasteiger partial charge in [-0.25, -0.2) is 4.79 Å². The number of carbonyl (C=O) groups excluding carboxylic acids is 2. The van der Waals surface area contributed by atoms with E-state index in [-0.39, 0.29) is 18.3 Å². The minimum Gasteiger partial charge on any atom is -0.458 e. The Morgan fingerprint density at radius 1 is 1.23 bits per heavy atom. The molecule has 1 aliphatic heterocycles. The van der Waals surface area contributed by atoms with E-state index in [4.69, 9.17) is 27.9 Å². The van der Waals surface area contributed by atoms with Gasteiger partial charge in [-0.1, -0.05) is 65.8 Å². The normalized spacial score (nSPS) is 15.2. The first-order valence-corrected chi connectivity index (χ1v) is 12.3. The third kappa shape index (κ3) is 6.29. The lowest BCUT2D eigenvalue weighted by Gasteiger charge is -2.29. The molecule has 2 aromatic carbocycles. The molecule has 0 bridgehead atoms. The second kappa shape index (κ2) is 12.0. The Hall–Kier alpha value is -3.18. The van der Waals surface area contributed by atoms with Crippen molar-refractivity contribution in [2.24, 2.45) is 0 Å². The van der Waals surface area contributed by atoms with Crippen LogP contribution in [0.3, 0.4) is 0 Å². The number of nitrogens with one attached hydrogen (secondary N) is 2. The van der Waals surface area contributed by atoms with Crippen LogP contribution < -0.4 is 10.6 Å². The molecule has 1 unspecified atom stereocenters. The van der Waals surface area contributed by atoms with Crippen molar-refractivity contribution >= 4 is 52.5 Å². The summed E-state index contributed by atoms with van der Waals surface area (Å²) in [5.41, 5.74) is 3.25. The highest BCUT2D eigenvalue weighted by atomic mass is 35.5. The third-order valence-electron chi connectivity index (χ3n) is 5.29. The predicted molar refractivity (Wildman–Crippen MR) is 141 cm³/mol. The first-order valence-electron chi connectivity index (χ1n) is 10.6. The van der Waals surface area contributed by atoms with Crippen molar-refractivity contribution in [3.63, 3.8) is 0 Å². The number of allylic oxidation sites excluding steroid dienone is 2. The third-order valence-corrected chi connectivity index (χ3v) is 6.97. The Morgan fingerprint density at radius 3 is 2.60 bits per heavy atom. The van der Waals surface area contributed by atoms with E-state index in [1.165, 1.54) is 17.8 Å². The van der Waals surface area contributed by atoms with Crippen LogP contribution in [-0.2, 0) is 14.3 Å². The number of benzene rings is 2. The zero-order valence-corrected chi connectivity index (χ0v) is 21.5. The molecule has 1 amide bonds. The molecular weight excluding hydrogens is 505 g/mol. The second-order valence-electron chi connectivity index (χ2n) is 7.64. The second-order valence-corrected chi connectivity index (χ2v) is 9.47. The van der Waals surface area contributed by atoms with Crippen molar-refractivity contribution in [2.75, 3.05) is 17.7 Å². The van der Waals surface area contributed by atoms with Gasteiger partial charge in [-0.3, -0.25) is 4.79 Å². The van der Waals surface area contributed by atoms with Crippen molar-refractivity contribution in [1.29, 1.82) is 5.26 Å². The molecule has 2 aromatic rings. The Kier molecular flexibility index (Phi) is 9.05. The number of ether oxygens (including phenoxy) is 1. The Balaban J connectivity index is 1.90. The number of nitriles is 1. The summed E-state index contributed by atoms with van der Waals surface area (Å²) in [5.74, 6) is -1.46. The van der Waals surface area contributed by atoms with E-state index in [0.29, 0.717) is 43.2 Å². The summed E-state index contributed by atoms with van der Waals surface area (Å²) in [6.45, 7) is 7.17. The SMILES string of the molecule is C=CCOC(=O)C1=C(C)NC(SCC(=O)Nc2cccc(Cl)c2C)=C(C#N)C1c1ccc(Cl)cc1. The molecule has 1 aliphatic rings. The lowest BCUT2D eigenvalue weighted by molar-refractivity contribution is -0.138. The Labute approximate surface area is 218 Å². The largest absolute Gasteiger partial charge is 0.458 e. The van der Waals surface area contributed by atoms with Crippen molar-refractivity contribution < 1.29 is 14.3 Å². The molecule has 6 nitrogen and oxygen atoms in total. The lowest BCUT2D eigenvalue weighted by atomic mass is 9.82. The van der Waals surface area contributed by atoms with E-state index in [2.05, 4.69) is 23.3 Å². The molecule has 0 fully saturated rings. The van der Waals surface area contributed by atoms with E-state index >= 15 is 0 Å². The molecule has 35 heavy (non-hydrogen) atoms. The van der Waals surface area contributed by atoms with Crippen LogP contribution >= 0.6 is 35.0 Å². The number of halogens is 2. The number of thioether (sulfide) groups is 1. The van der Waals surface area contributed by atoms with Crippen molar-refractivity contribution in [3.05, 3.63) is 98.2 Å². The number of nitrogens with zero attached hydrogens (tertiary/aromatic N) is 1. The van der Waals surface area contributed by atoms with Gasteiger partial charge in [0.25, 0.3) is 0 Å². The van der Waals surface area contributed by atoms with Crippen molar-refractivity contribution in [1.82, 2.24) is 5.32 Å². The summed E-state index contributed by atoms with van der Waals surface area (Å²) in [4.78, 5) is 25.6. The van der Waals surface area contributed by atoms with Crippen LogP contribution in [0.4, 0.5) is 5.69 Å². The smallest absolute Gasteiger partial charge is 0.337 e. The highest BCUT2D eigenvalue weighted by Gasteiger charge is 2.35. The number of hydrogen-bond acceptors (Lipinski definition) is 6. The topological polar surface area (TPSA) is 91.2 Å². The maximum Gasteiger partial charge on any atom is 0.337 e. The molecule has 1 heterocycles. The van der Waals surface area contributed by atoms with Gasteiger partial charge in [-0.15, -0.1) is 0 Å². The summed E-state index contributed by atoms with van der Waals surface area (Å²) in [7, 11) is 0. The summed E-state index contributed by atoms with van der Waals surface area (Å²) < 4.78 is 5.30. The Bertz CT molecular complexity index is 1260. The average molecular weight is 528 g/mol. The minimum atomic E-state index is -0.684. The molecule has 9 heteroatoms. The van der Waals surface area contributed by atoms with Crippen molar-refractivity contribution in [2.45, 2.75) is 19.8 Å². The molecule has 2 N–H and O–H groups in total. The van der Waals surface area contributed by atoms with Crippen LogP contribution in [0.5, 0.6) is 0 Å². The average Bonchev–Trinajstić information content (AvgIpc) is 2.84. The quantitative estimate of drug-likeness (QED) is 0.318. The molecule has 0 aromatic heterocycles. The minimum absolute atomic E-state index is 0.0380. The zero-order chi connectivity index (χ0) is 25.5. The number of rotatable bonds is 8. The molecular formula is C26H23Cl2N3O3S. The molecule has 0 aliphatic carbocycles. The van der Waals surface area contributed by atoms with Gasteiger partial charge in [-0.05, 0) is 49.2 Å². The number of esters is 1. The first kappa shape index (κ1) is 26.4. The summed E-state index contributed by atoms with van der Waals surface area (Å²) in [5, 5.41) is 17.6. The molecule has 0 saturated heterocycles. The van der Waals surface area contributed by atoms with Crippen LogP contribution in [0.2, 0.25) is 10.0 Å². The fraction of sp³-hybridized carbons (Fsp3) is 0.192. The van der Waals surface area contributed by atoms with Gasteiger partial charge in [-0.2, -0.15) is 5.26 Å². The van der Waals surface area contributed by atoms with Crippen LogP contribution in [0.15, 0.2) is 77.0 Å². The first-order chi connectivity index (χ1) is 16.8. The van der Waals surface area contributed by atoms with Gasteiger partial charge in [0.15, 0.2) is 0 Å². The van der Waals surface area contributed by atoms with Crippen LogP contribution in [-0.4, -0.2) is 24.2 Å². The highest BCUT2D eigenvalue weighted by Crippen LogP contribution is 2.41. The Morgan fingerprint density at radius 2 is 1.94 bits per heavy atom. The van der Waals surface area contributed by atoms with E-state index in [9.17, 15) is 14.9 Å². The van der Waals surface area contributed by atoms with Crippen molar-refractivity contribution in [3.8, 4) is 6.07 Å². The summed E-state index contributed by atoms with van der Waals surface area (Å²) >= 11 is 13.4. The van der Waals surface area contributed by atoms with E-state index in [1.807, 2.05) is 6.92 Å². The van der Waals surface area contributed by atoms with Crippen LogP contribution in [0.25, 0.3) is 0 Å². The fourth-order valence-corrected chi connectivity index (χ4v) is 4.76.